The maximum Gasteiger partial charge on any atom is 0.573 e. The van der Waals surface area contributed by atoms with Crippen LogP contribution in [-0.2, 0) is 12.8 Å². The average Bonchev–Trinajstić information content (AvgIpc) is 3.19. The van der Waals surface area contributed by atoms with Crippen LogP contribution in [0.25, 0.3) is 11.5 Å². The Labute approximate surface area is 178 Å². The summed E-state index contributed by atoms with van der Waals surface area (Å²) in [6.07, 6.45) is -1.58. The van der Waals surface area contributed by atoms with E-state index in [0.29, 0.717) is 55.4 Å². The van der Waals surface area contributed by atoms with E-state index < -0.39 is 6.36 Å². The van der Waals surface area contributed by atoms with E-state index in [9.17, 15) is 13.2 Å². The minimum Gasteiger partial charge on any atom is -0.490 e. The number of alkyl halides is 3. The summed E-state index contributed by atoms with van der Waals surface area (Å²) in [5, 5.41) is 0. The molecule has 3 rings (SSSR count). The monoisotopic (exact) mass is 435 g/mol. The summed E-state index contributed by atoms with van der Waals surface area (Å²) in [6.45, 7) is 4.82. The van der Waals surface area contributed by atoms with Gasteiger partial charge in [-0.05, 0) is 62.9 Å². The van der Waals surface area contributed by atoms with Crippen molar-refractivity contribution in [2.45, 2.75) is 39.5 Å². The van der Waals surface area contributed by atoms with Crippen molar-refractivity contribution in [1.82, 2.24) is 4.98 Å². The van der Waals surface area contributed by atoms with Crippen molar-refractivity contribution >= 4 is 0 Å². The first-order valence-corrected chi connectivity index (χ1v) is 10.1. The normalized spacial score (nSPS) is 11.4. The third kappa shape index (κ3) is 6.41. The lowest BCUT2D eigenvalue weighted by atomic mass is 10.1. The number of para-hydroxylation sites is 1. The molecule has 0 aliphatic rings. The largest absolute Gasteiger partial charge is 0.573 e. The number of hydrogen-bond donors (Lipinski definition) is 0. The van der Waals surface area contributed by atoms with E-state index in [1.165, 1.54) is 12.1 Å². The topological polar surface area (TPSA) is 53.7 Å². The number of hydrogen-bond acceptors (Lipinski definition) is 5. The molecule has 1 aromatic heterocycles. The third-order valence-corrected chi connectivity index (χ3v) is 4.42. The molecule has 0 aliphatic heterocycles. The fraction of sp³-hybridized carbons (Fsp3) is 0.348. The van der Waals surface area contributed by atoms with Gasteiger partial charge in [0.05, 0.1) is 18.9 Å². The van der Waals surface area contributed by atoms with Gasteiger partial charge in [0.15, 0.2) is 11.5 Å². The van der Waals surface area contributed by atoms with Crippen LogP contribution < -0.4 is 14.2 Å². The summed E-state index contributed by atoms with van der Waals surface area (Å²) >= 11 is 0. The maximum atomic E-state index is 12.6. The van der Waals surface area contributed by atoms with E-state index in [-0.39, 0.29) is 5.75 Å². The van der Waals surface area contributed by atoms with Crippen molar-refractivity contribution in [3.8, 4) is 28.7 Å². The molecule has 3 aromatic rings. The molecule has 0 spiro atoms. The van der Waals surface area contributed by atoms with Gasteiger partial charge < -0.3 is 18.6 Å². The number of aryl methyl sites for hydroxylation is 2. The van der Waals surface area contributed by atoms with Crippen molar-refractivity contribution in [2.24, 2.45) is 0 Å². The standard InChI is InChI=1S/C23H24F3NO4/c1-3-28-20-13-12-17(14-21(20)29-4-2)22-27-18(15-30-22)10-7-9-16-8-5-6-11-19(16)31-23(24,25)26/h5-6,8,11-15H,3-4,7,9-10H2,1-2H3. The minimum atomic E-state index is -4.71. The van der Waals surface area contributed by atoms with Crippen molar-refractivity contribution in [3.63, 3.8) is 0 Å². The van der Waals surface area contributed by atoms with Crippen LogP contribution in [0, 0.1) is 0 Å². The van der Waals surface area contributed by atoms with Crippen molar-refractivity contribution in [3.05, 3.63) is 60.0 Å². The molecule has 0 bridgehead atoms. The summed E-state index contributed by atoms with van der Waals surface area (Å²) in [6, 6.07) is 11.6. The summed E-state index contributed by atoms with van der Waals surface area (Å²) in [5.41, 5.74) is 1.97. The molecule has 31 heavy (non-hydrogen) atoms. The summed E-state index contributed by atoms with van der Waals surface area (Å²) < 4.78 is 58.6. The van der Waals surface area contributed by atoms with E-state index in [1.54, 1.807) is 18.4 Å². The van der Waals surface area contributed by atoms with Gasteiger partial charge in [0, 0.05) is 5.56 Å². The molecule has 0 amide bonds. The molecule has 1 heterocycles. The van der Waals surface area contributed by atoms with Gasteiger partial charge in [0.2, 0.25) is 5.89 Å². The van der Waals surface area contributed by atoms with Crippen LogP contribution in [0.4, 0.5) is 13.2 Å². The number of ether oxygens (including phenoxy) is 3. The number of halogens is 3. The second-order valence-electron chi connectivity index (χ2n) is 6.68. The van der Waals surface area contributed by atoms with Gasteiger partial charge >= 0.3 is 6.36 Å². The molecule has 166 valence electrons. The van der Waals surface area contributed by atoms with Crippen LogP contribution in [0.2, 0.25) is 0 Å². The van der Waals surface area contributed by atoms with Gasteiger partial charge in [-0.15, -0.1) is 13.2 Å². The van der Waals surface area contributed by atoms with Gasteiger partial charge in [0.1, 0.15) is 12.0 Å². The number of rotatable bonds is 10. The number of benzene rings is 2. The van der Waals surface area contributed by atoms with Crippen molar-refractivity contribution < 1.29 is 31.8 Å². The van der Waals surface area contributed by atoms with Gasteiger partial charge in [-0.25, -0.2) is 4.98 Å². The fourth-order valence-electron chi connectivity index (χ4n) is 3.13. The maximum absolute atomic E-state index is 12.6. The Bertz CT molecular complexity index is 985. The molecule has 0 unspecified atom stereocenters. The van der Waals surface area contributed by atoms with Crippen LogP contribution >= 0.6 is 0 Å². The summed E-state index contributed by atoms with van der Waals surface area (Å²) in [5.74, 6) is 1.54. The van der Waals surface area contributed by atoms with Crippen LogP contribution in [0.5, 0.6) is 17.2 Å². The molecular weight excluding hydrogens is 411 g/mol. The van der Waals surface area contributed by atoms with Crippen molar-refractivity contribution in [2.75, 3.05) is 13.2 Å². The van der Waals surface area contributed by atoms with Gasteiger partial charge in [0.25, 0.3) is 0 Å². The molecule has 0 aliphatic carbocycles. The highest BCUT2D eigenvalue weighted by atomic mass is 19.4. The highest BCUT2D eigenvalue weighted by Crippen LogP contribution is 2.33. The molecule has 0 atom stereocenters. The Morgan fingerprint density at radius 3 is 2.39 bits per heavy atom. The minimum absolute atomic E-state index is 0.173. The first-order chi connectivity index (χ1) is 14.9. The molecule has 0 saturated heterocycles. The van der Waals surface area contributed by atoms with Gasteiger partial charge in [-0.1, -0.05) is 18.2 Å². The second kappa shape index (κ2) is 10.2. The Morgan fingerprint density at radius 2 is 1.65 bits per heavy atom. The highest BCUT2D eigenvalue weighted by molar-refractivity contribution is 5.60. The van der Waals surface area contributed by atoms with Crippen LogP contribution in [-0.4, -0.2) is 24.6 Å². The number of oxazole rings is 1. The van der Waals surface area contributed by atoms with Gasteiger partial charge in [-0.3, -0.25) is 0 Å². The Kier molecular flexibility index (Phi) is 7.44. The van der Waals surface area contributed by atoms with E-state index in [4.69, 9.17) is 13.9 Å². The quantitative estimate of drug-likeness (QED) is 0.379. The number of nitrogens with zero attached hydrogens (tertiary/aromatic N) is 1. The molecule has 8 heteroatoms. The second-order valence-corrected chi connectivity index (χ2v) is 6.68. The van der Waals surface area contributed by atoms with E-state index >= 15 is 0 Å². The lowest BCUT2D eigenvalue weighted by molar-refractivity contribution is -0.274. The molecular formula is C23H24F3NO4. The Hall–Kier alpha value is -3.16. The Morgan fingerprint density at radius 1 is 0.903 bits per heavy atom. The third-order valence-electron chi connectivity index (χ3n) is 4.42. The molecule has 0 radical (unpaired) electrons. The zero-order chi connectivity index (χ0) is 22.3. The van der Waals surface area contributed by atoms with E-state index in [1.807, 2.05) is 32.0 Å². The predicted octanol–water partition coefficient (Wildman–Crippen LogP) is 6.21. The van der Waals surface area contributed by atoms with Crippen LogP contribution in [0.15, 0.2) is 53.1 Å². The molecule has 0 fully saturated rings. The molecule has 0 N–H and O–H groups in total. The summed E-state index contributed by atoms with van der Waals surface area (Å²) in [4.78, 5) is 4.50. The number of aromatic nitrogens is 1. The fourth-order valence-corrected chi connectivity index (χ4v) is 3.13. The lowest BCUT2D eigenvalue weighted by Crippen LogP contribution is -2.18. The lowest BCUT2D eigenvalue weighted by Gasteiger charge is -2.12. The first-order valence-electron chi connectivity index (χ1n) is 10.1. The predicted molar refractivity (Wildman–Crippen MR) is 109 cm³/mol. The van der Waals surface area contributed by atoms with Crippen LogP contribution in [0.1, 0.15) is 31.5 Å². The molecule has 5 nitrogen and oxygen atoms in total. The smallest absolute Gasteiger partial charge is 0.490 e. The average molecular weight is 435 g/mol. The molecule has 0 saturated carbocycles. The van der Waals surface area contributed by atoms with Crippen LogP contribution in [0.3, 0.4) is 0 Å². The highest BCUT2D eigenvalue weighted by Gasteiger charge is 2.31. The zero-order valence-corrected chi connectivity index (χ0v) is 17.4. The van der Waals surface area contributed by atoms with E-state index in [2.05, 4.69) is 9.72 Å². The van der Waals surface area contributed by atoms with E-state index in [0.717, 1.165) is 11.3 Å². The van der Waals surface area contributed by atoms with Gasteiger partial charge in [-0.2, -0.15) is 0 Å². The SMILES string of the molecule is CCOc1ccc(-c2nc(CCCc3ccccc3OC(F)(F)F)co2)cc1OCC. The first kappa shape index (κ1) is 22.5. The zero-order valence-electron chi connectivity index (χ0n) is 17.4. The molecule has 2 aromatic carbocycles. The Balaban J connectivity index is 1.64. The summed E-state index contributed by atoms with van der Waals surface area (Å²) in [7, 11) is 0. The van der Waals surface area contributed by atoms with Crippen molar-refractivity contribution in [1.29, 1.82) is 0 Å².